The average molecular weight is 250 g/mol. The maximum atomic E-state index is 11.5. The highest BCUT2D eigenvalue weighted by Crippen LogP contribution is 2.10. The average Bonchev–Trinajstić information content (AvgIpc) is 2.29. The lowest BCUT2D eigenvalue weighted by Crippen LogP contribution is -2.16. The van der Waals surface area contributed by atoms with E-state index in [2.05, 4.69) is 0 Å². The number of rotatable bonds is 2. The summed E-state index contributed by atoms with van der Waals surface area (Å²) < 4.78 is 23.5. The van der Waals surface area contributed by atoms with Crippen molar-refractivity contribution in [3.63, 3.8) is 0 Å². The van der Waals surface area contributed by atoms with Crippen LogP contribution in [0.5, 0.6) is 0 Å². The molecule has 17 heavy (non-hydrogen) atoms. The smallest absolute Gasteiger partial charge is 0.255 e. The van der Waals surface area contributed by atoms with Gasteiger partial charge in [-0.05, 0) is 30.3 Å². The van der Waals surface area contributed by atoms with Crippen molar-refractivity contribution in [3.8, 4) is 5.69 Å². The molecule has 0 aliphatic carbocycles. The van der Waals surface area contributed by atoms with Gasteiger partial charge >= 0.3 is 0 Å². The standard InChI is InChI=1S/C11H10N2O3S/c12-17(15,16)10-6-4-9(5-7-10)13-8-2-1-3-11(13)14/h1-8H,(H2,12,15,16). The molecule has 2 N–H and O–H groups in total. The molecule has 0 atom stereocenters. The molecule has 1 aromatic heterocycles. The molecule has 0 aliphatic rings. The van der Waals surface area contributed by atoms with Crippen LogP contribution in [0.4, 0.5) is 0 Å². The molecule has 0 amide bonds. The Kier molecular flexibility index (Phi) is 2.83. The van der Waals surface area contributed by atoms with Gasteiger partial charge in [-0.2, -0.15) is 0 Å². The second kappa shape index (κ2) is 4.15. The molecule has 0 unspecified atom stereocenters. The SMILES string of the molecule is NS(=O)(=O)c1ccc(-n2ccccc2=O)cc1. The van der Waals surface area contributed by atoms with Crippen molar-refractivity contribution in [1.82, 2.24) is 4.57 Å². The van der Waals surface area contributed by atoms with E-state index in [0.29, 0.717) is 5.69 Å². The van der Waals surface area contributed by atoms with Crippen LogP contribution in [0.2, 0.25) is 0 Å². The summed E-state index contributed by atoms with van der Waals surface area (Å²) in [6, 6.07) is 10.6. The molecule has 2 aromatic rings. The molecule has 88 valence electrons. The molecule has 0 aliphatic heterocycles. The maximum Gasteiger partial charge on any atom is 0.255 e. The van der Waals surface area contributed by atoms with Gasteiger partial charge in [-0.15, -0.1) is 0 Å². The quantitative estimate of drug-likeness (QED) is 0.841. The van der Waals surface area contributed by atoms with E-state index in [-0.39, 0.29) is 10.5 Å². The summed E-state index contributed by atoms with van der Waals surface area (Å²) in [6.07, 6.45) is 1.61. The number of sulfonamides is 1. The van der Waals surface area contributed by atoms with Crippen molar-refractivity contribution in [2.45, 2.75) is 4.90 Å². The molecule has 5 nitrogen and oxygen atoms in total. The third-order valence-corrected chi connectivity index (χ3v) is 3.20. The molecule has 0 bridgehead atoms. The minimum absolute atomic E-state index is 0.0187. The van der Waals surface area contributed by atoms with Gasteiger partial charge in [0.25, 0.3) is 5.56 Å². The Morgan fingerprint density at radius 1 is 1.00 bits per heavy atom. The first kappa shape index (κ1) is 11.6. The number of hydrogen-bond donors (Lipinski definition) is 1. The minimum Gasteiger partial charge on any atom is -0.284 e. The fourth-order valence-electron chi connectivity index (χ4n) is 1.44. The van der Waals surface area contributed by atoms with Crippen LogP contribution in [0.1, 0.15) is 0 Å². The normalized spacial score (nSPS) is 11.4. The van der Waals surface area contributed by atoms with Crippen LogP contribution < -0.4 is 10.7 Å². The molecule has 0 fully saturated rings. The van der Waals surface area contributed by atoms with E-state index >= 15 is 0 Å². The van der Waals surface area contributed by atoms with Crippen molar-refractivity contribution in [2.75, 3.05) is 0 Å². The fraction of sp³-hybridized carbons (Fsp3) is 0. The number of nitrogens with zero attached hydrogens (tertiary/aromatic N) is 1. The molecule has 1 heterocycles. The molecule has 0 saturated carbocycles. The summed E-state index contributed by atoms with van der Waals surface area (Å²) in [5.74, 6) is 0. The summed E-state index contributed by atoms with van der Waals surface area (Å²) >= 11 is 0. The van der Waals surface area contributed by atoms with E-state index in [0.717, 1.165) is 0 Å². The van der Waals surface area contributed by atoms with E-state index in [9.17, 15) is 13.2 Å². The van der Waals surface area contributed by atoms with Crippen molar-refractivity contribution in [1.29, 1.82) is 0 Å². The Labute approximate surface area is 98.2 Å². The van der Waals surface area contributed by atoms with Gasteiger partial charge < -0.3 is 0 Å². The predicted molar refractivity (Wildman–Crippen MR) is 63.4 cm³/mol. The Balaban J connectivity index is 2.51. The van der Waals surface area contributed by atoms with E-state index in [4.69, 9.17) is 5.14 Å². The molecule has 0 saturated heterocycles. The van der Waals surface area contributed by atoms with Crippen molar-refractivity contribution >= 4 is 10.0 Å². The van der Waals surface area contributed by atoms with Gasteiger partial charge in [-0.25, -0.2) is 13.6 Å². The third-order valence-electron chi connectivity index (χ3n) is 2.27. The highest BCUT2D eigenvalue weighted by Gasteiger charge is 2.07. The molecular weight excluding hydrogens is 240 g/mol. The third kappa shape index (κ3) is 2.43. The first-order valence-electron chi connectivity index (χ1n) is 4.79. The first-order chi connectivity index (χ1) is 7.98. The Morgan fingerprint density at radius 3 is 2.18 bits per heavy atom. The van der Waals surface area contributed by atoms with Gasteiger partial charge in [0.1, 0.15) is 0 Å². The maximum absolute atomic E-state index is 11.5. The number of nitrogens with two attached hydrogens (primary N) is 1. The van der Waals surface area contributed by atoms with E-state index in [1.807, 2.05) is 0 Å². The van der Waals surface area contributed by atoms with Crippen LogP contribution in [0.25, 0.3) is 5.69 Å². The monoisotopic (exact) mass is 250 g/mol. The number of primary sulfonamides is 1. The van der Waals surface area contributed by atoms with Gasteiger partial charge in [0, 0.05) is 18.0 Å². The molecular formula is C11H10N2O3S. The zero-order valence-electron chi connectivity index (χ0n) is 8.78. The fourth-order valence-corrected chi connectivity index (χ4v) is 1.95. The van der Waals surface area contributed by atoms with E-state index in [1.54, 1.807) is 18.3 Å². The molecule has 1 aromatic carbocycles. The van der Waals surface area contributed by atoms with Crippen LogP contribution in [0.15, 0.2) is 58.4 Å². The largest absolute Gasteiger partial charge is 0.284 e. The lowest BCUT2D eigenvalue weighted by molar-refractivity contribution is 0.598. The van der Waals surface area contributed by atoms with Crippen molar-refractivity contribution in [3.05, 3.63) is 59.0 Å². The van der Waals surface area contributed by atoms with Crippen LogP contribution in [0, 0.1) is 0 Å². The zero-order chi connectivity index (χ0) is 12.5. The Morgan fingerprint density at radius 2 is 1.65 bits per heavy atom. The molecule has 6 heteroatoms. The number of aromatic nitrogens is 1. The topological polar surface area (TPSA) is 82.2 Å². The molecule has 0 radical (unpaired) electrons. The highest BCUT2D eigenvalue weighted by molar-refractivity contribution is 7.89. The Hall–Kier alpha value is -1.92. The second-order valence-corrected chi connectivity index (χ2v) is 5.01. The second-order valence-electron chi connectivity index (χ2n) is 3.45. The lowest BCUT2D eigenvalue weighted by Gasteiger charge is -2.05. The highest BCUT2D eigenvalue weighted by atomic mass is 32.2. The van der Waals surface area contributed by atoms with Gasteiger partial charge in [0.2, 0.25) is 10.0 Å². The van der Waals surface area contributed by atoms with Crippen molar-refractivity contribution in [2.24, 2.45) is 5.14 Å². The van der Waals surface area contributed by atoms with Gasteiger partial charge in [0.05, 0.1) is 4.90 Å². The minimum atomic E-state index is -3.70. The van der Waals surface area contributed by atoms with E-state index < -0.39 is 10.0 Å². The van der Waals surface area contributed by atoms with Crippen LogP contribution >= 0.6 is 0 Å². The number of hydrogen-bond acceptors (Lipinski definition) is 3. The van der Waals surface area contributed by atoms with Gasteiger partial charge in [0.15, 0.2) is 0 Å². The van der Waals surface area contributed by atoms with Crippen LogP contribution in [-0.4, -0.2) is 13.0 Å². The summed E-state index contributed by atoms with van der Waals surface area (Å²) in [5.41, 5.74) is 0.402. The summed E-state index contributed by atoms with van der Waals surface area (Å²) in [5, 5.41) is 4.98. The van der Waals surface area contributed by atoms with Gasteiger partial charge in [-0.1, -0.05) is 6.07 Å². The van der Waals surface area contributed by atoms with Crippen LogP contribution in [0.3, 0.4) is 0 Å². The summed E-state index contributed by atoms with van der Waals surface area (Å²) in [6.45, 7) is 0. The summed E-state index contributed by atoms with van der Waals surface area (Å²) in [7, 11) is -3.70. The van der Waals surface area contributed by atoms with Gasteiger partial charge in [-0.3, -0.25) is 9.36 Å². The Bertz CT molecular complexity index is 687. The first-order valence-corrected chi connectivity index (χ1v) is 6.34. The lowest BCUT2D eigenvalue weighted by atomic mass is 10.3. The zero-order valence-corrected chi connectivity index (χ0v) is 9.59. The van der Waals surface area contributed by atoms with E-state index in [1.165, 1.54) is 34.9 Å². The number of benzene rings is 1. The summed E-state index contributed by atoms with van der Waals surface area (Å²) in [4.78, 5) is 11.5. The molecule has 0 spiro atoms. The molecule has 2 rings (SSSR count). The van der Waals surface area contributed by atoms with Crippen LogP contribution in [-0.2, 0) is 10.0 Å². The number of pyridine rings is 1. The predicted octanol–water partition coefficient (Wildman–Crippen LogP) is 0.485. The van der Waals surface area contributed by atoms with Crippen molar-refractivity contribution < 1.29 is 8.42 Å².